The van der Waals surface area contributed by atoms with E-state index in [0.717, 1.165) is 26.1 Å². The van der Waals surface area contributed by atoms with Gasteiger partial charge in [0.15, 0.2) is 0 Å². The van der Waals surface area contributed by atoms with Gasteiger partial charge in [-0.15, -0.1) is 0 Å². The van der Waals surface area contributed by atoms with Gasteiger partial charge in [0.05, 0.1) is 16.2 Å². The Balaban J connectivity index is 1.53. The maximum atomic E-state index is 13.5. The summed E-state index contributed by atoms with van der Waals surface area (Å²) in [5, 5.41) is 6.46. The van der Waals surface area contributed by atoms with Crippen molar-refractivity contribution in [1.82, 2.24) is 14.9 Å². The Hall–Kier alpha value is -3.30. The standard InChI is InChI=1S/C26H28ClF2N5O2/c27-20-14-18(7-8-21(20)29)32-26-19-15-23(24(36-13-9-28)16-22(19)30-17-31-26)33-25(35)6-2-5-12-34-10-3-1-4-11-34/h2,6-8,14-17H,1,3-5,9-13H2,(H,33,35)(H,30,31,32)/b6-2+. The van der Waals surface area contributed by atoms with E-state index in [1.165, 1.54) is 49.9 Å². The lowest BCUT2D eigenvalue weighted by molar-refractivity contribution is -0.111. The first kappa shape index (κ1) is 25.8. The summed E-state index contributed by atoms with van der Waals surface area (Å²) in [6.07, 6.45) is 9.21. The third-order valence-electron chi connectivity index (χ3n) is 5.84. The van der Waals surface area contributed by atoms with Gasteiger partial charge >= 0.3 is 0 Å². The van der Waals surface area contributed by atoms with Crippen molar-refractivity contribution in [2.75, 3.05) is 43.5 Å². The molecule has 2 heterocycles. The number of nitrogens with zero attached hydrogens (tertiary/aromatic N) is 3. The number of rotatable bonds is 10. The number of aromatic nitrogens is 2. The Labute approximate surface area is 213 Å². The van der Waals surface area contributed by atoms with Crippen LogP contribution in [0.2, 0.25) is 5.02 Å². The average Bonchev–Trinajstić information content (AvgIpc) is 2.88. The van der Waals surface area contributed by atoms with Crippen molar-refractivity contribution >= 4 is 45.6 Å². The van der Waals surface area contributed by atoms with Gasteiger partial charge in [0.1, 0.15) is 37.0 Å². The number of hydrogen-bond donors (Lipinski definition) is 2. The molecular formula is C26H28ClF2N5O2. The highest BCUT2D eigenvalue weighted by Crippen LogP contribution is 2.34. The van der Waals surface area contributed by atoms with Crippen LogP contribution in [0.15, 0.2) is 48.8 Å². The zero-order valence-electron chi connectivity index (χ0n) is 19.8. The van der Waals surface area contributed by atoms with E-state index < -0.39 is 12.5 Å². The van der Waals surface area contributed by atoms with E-state index in [1.807, 2.05) is 6.08 Å². The summed E-state index contributed by atoms with van der Waals surface area (Å²) >= 11 is 5.89. The molecule has 0 spiro atoms. The van der Waals surface area contributed by atoms with Gasteiger partial charge < -0.3 is 20.3 Å². The molecule has 0 bridgehead atoms. The van der Waals surface area contributed by atoms with E-state index in [2.05, 4.69) is 25.5 Å². The highest BCUT2D eigenvalue weighted by atomic mass is 35.5. The number of carbonyl (C=O) groups is 1. The molecule has 0 aliphatic carbocycles. The minimum atomic E-state index is -0.677. The molecule has 4 rings (SSSR count). The Morgan fingerprint density at radius 1 is 1.17 bits per heavy atom. The number of anilines is 3. The van der Waals surface area contributed by atoms with Crippen LogP contribution >= 0.6 is 11.6 Å². The van der Waals surface area contributed by atoms with E-state index in [-0.39, 0.29) is 17.5 Å². The topological polar surface area (TPSA) is 79.4 Å². The molecule has 2 aromatic carbocycles. The molecule has 190 valence electrons. The molecule has 1 fully saturated rings. The molecular weight excluding hydrogens is 488 g/mol. The fraction of sp³-hybridized carbons (Fsp3) is 0.346. The third-order valence-corrected chi connectivity index (χ3v) is 6.13. The van der Waals surface area contributed by atoms with Gasteiger partial charge in [-0.1, -0.05) is 24.1 Å². The number of benzene rings is 2. The predicted octanol–water partition coefficient (Wildman–Crippen LogP) is 5.88. The molecule has 1 aliphatic heterocycles. The van der Waals surface area contributed by atoms with Crippen LogP contribution in [0.3, 0.4) is 0 Å². The number of fused-ring (bicyclic) bond motifs is 1. The van der Waals surface area contributed by atoms with E-state index in [0.29, 0.717) is 33.8 Å². The molecule has 1 aliphatic rings. The maximum Gasteiger partial charge on any atom is 0.248 e. The third kappa shape index (κ3) is 6.89. The average molecular weight is 516 g/mol. The SMILES string of the molecule is O=C(/C=C/CCN1CCCCC1)Nc1cc2c(Nc3ccc(F)c(Cl)c3)ncnc2cc1OCCF. The van der Waals surface area contributed by atoms with Crippen LogP contribution in [0.4, 0.5) is 26.0 Å². The van der Waals surface area contributed by atoms with Crippen molar-refractivity contribution in [3.63, 3.8) is 0 Å². The van der Waals surface area contributed by atoms with Gasteiger partial charge in [0, 0.05) is 23.7 Å². The number of amides is 1. The summed E-state index contributed by atoms with van der Waals surface area (Å²) in [7, 11) is 0. The molecule has 0 atom stereocenters. The lowest BCUT2D eigenvalue weighted by Gasteiger charge is -2.25. The monoisotopic (exact) mass is 515 g/mol. The van der Waals surface area contributed by atoms with Gasteiger partial charge in [0.25, 0.3) is 0 Å². The quantitative estimate of drug-likeness (QED) is 0.328. The number of alkyl halides is 1. The fourth-order valence-electron chi connectivity index (χ4n) is 4.06. The minimum absolute atomic E-state index is 0.0275. The highest BCUT2D eigenvalue weighted by molar-refractivity contribution is 6.31. The van der Waals surface area contributed by atoms with Crippen molar-refractivity contribution in [2.45, 2.75) is 25.7 Å². The zero-order chi connectivity index (χ0) is 25.3. The molecule has 0 saturated carbocycles. The second kappa shape index (κ2) is 12.6. The summed E-state index contributed by atoms with van der Waals surface area (Å²) in [5.74, 6) is -0.134. The Kier molecular flexibility index (Phi) is 9.02. The number of carbonyl (C=O) groups excluding carboxylic acids is 1. The molecule has 3 aromatic rings. The maximum absolute atomic E-state index is 13.5. The van der Waals surface area contributed by atoms with E-state index in [1.54, 1.807) is 12.1 Å². The highest BCUT2D eigenvalue weighted by Gasteiger charge is 2.14. The molecule has 1 amide bonds. The lowest BCUT2D eigenvalue weighted by Crippen LogP contribution is -2.30. The number of piperidine rings is 1. The van der Waals surface area contributed by atoms with E-state index >= 15 is 0 Å². The van der Waals surface area contributed by atoms with E-state index in [9.17, 15) is 13.6 Å². The van der Waals surface area contributed by atoms with Gasteiger partial charge in [-0.25, -0.2) is 18.7 Å². The van der Waals surface area contributed by atoms with Crippen LogP contribution in [0, 0.1) is 5.82 Å². The van der Waals surface area contributed by atoms with Crippen LogP contribution in [0.25, 0.3) is 10.9 Å². The number of likely N-dealkylation sites (tertiary alicyclic amines) is 1. The smallest absolute Gasteiger partial charge is 0.248 e. The summed E-state index contributed by atoms with van der Waals surface area (Å²) in [6, 6.07) is 7.51. The molecule has 1 saturated heterocycles. The molecule has 0 radical (unpaired) electrons. The molecule has 36 heavy (non-hydrogen) atoms. The molecule has 7 nitrogen and oxygen atoms in total. The van der Waals surface area contributed by atoms with Crippen LogP contribution in [0.1, 0.15) is 25.7 Å². The van der Waals surface area contributed by atoms with Crippen molar-refractivity contribution in [3.05, 3.63) is 59.7 Å². The number of nitrogens with one attached hydrogen (secondary N) is 2. The first-order valence-electron chi connectivity index (χ1n) is 11.9. The largest absolute Gasteiger partial charge is 0.489 e. The van der Waals surface area contributed by atoms with Crippen molar-refractivity contribution in [1.29, 1.82) is 0 Å². The Morgan fingerprint density at radius 3 is 2.78 bits per heavy atom. The second-order valence-corrected chi connectivity index (χ2v) is 8.87. The van der Waals surface area contributed by atoms with Crippen molar-refractivity contribution in [3.8, 4) is 5.75 Å². The molecule has 10 heteroatoms. The minimum Gasteiger partial charge on any atom is -0.489 e. The van der Waals surface area contributed by atoms with Crippen molar-refractivity contribution < 1.29 is 18.3 Å². The lowest BCUT2D eigenvalue weighted by atomic mass is 10.1. The van der Waals surface area contributed by atoms with E-state index in [4.69, 9.17) is 16.3 Å². The zero-order valence-corrected chi connectivity index (χ0v) is 20.5. The van der Waals surface area contributed by atoms with Gasteiger partial charge in [-0.05, 0) is 62.7 Å². The predicted molar refractivity (Wildman–Crippen MR) is 138 cm³/mol. The van der Waals surface area contributed by atoms with Gasteiger partial charge in [-0.2, -0.15) is 0 Å². The fourth-order valence-corrected chi connectivity index (χ4v) is 4.25. The van der Waals surface area contributed by atoms with Crippen LogP contribution in [0.5, 0.6) is 5.75 Å². The summed E-state index contributed by atoms with van der Waals surface area (Å²) in [5.41, 5.74) is 1.41. The summed E-state index contributed by atoms with van der Waals surface area (Å²) in [6.45, 7) is 2.29. The Morgan fingerprint density at radius 2 is 2.00 bits per heavy atom. The Bertz CT molecular complexity index is 1230. The van der Waals surface area contributed by atoms with Crippen molar-refractivity contribution in [2.24, 2.45) is 0 Å². The molecule has 1 aromatic heterocycles. The first-order valence-corrected chi connectivity index (χ1v) is 12.3. The summed E-state index contributed by atoms with van der Waals surface area (Å²) < 4.78 is 31.9. The van der Waals surface area contributed by atoms with Gasteiger partial charge in [0.2, 0.25) is 5.91 Å². The number of ether oxygens (including phenoxy) is 1. The molecule has 0 unspecified atom stereocenters. The van der Waals surface area contributed by atoms with Crippen LogP contribution in [-0.2, 0) is 4.79 Å². The molecule has 2 N–H and O–H groups in total. The van der Waals surface area contributed by atoms with Crippen LogP contribution < -0.4 is 15.4 Å². The second-order valence-electron chi connectivity index (χ2n) is 8.46. The van der Waals surface area contributed by atoms with Gasteiger partial charge in [-0.3, -0.25) is 4.79 Å². The van der Waals surface area contributed by atoms with Crippen LogP contribution in [-0.4, -0.2) is 53.7 Å². The first-order chi connectivity index (χ1) is 17.5. The summed E-state index contributed by atoms with van der Waals surface area (Å²) in [4.78, 5) is 23.6. The normalized spacial score (nSPS) is 14.3. The number of hydrogen-bond acceptors (Lipinski definition) is 6. The number of halogens is 3.